The second-order valence-electron chi connectivity index (χ2n) is 7.05. The third-order valence-corrected chi connectivity index (χ3v) is 5.58. The molecule has 1 aliphatic heterocycles. The van der Waals surface area contributed by atoms with Crippen molar-refractivity contribution in [1.82, 2.24) is 19.8 Å². The Balaban J connectivity index is 1.38. The molecule has 0 spiro atoms. The molecule has 2 fully saturated rings. The van der Waals surface area contributed by atoms with Crippen molar-refractivity contribution in [3.05, 3.63) is 46.2 Å². The van der Waals surface area contributed by atoms with Crippen molar-refractivity contribution in [3.8, 4) is 0 Å². The second kappa shape index (κ2) is 7.09. The number of halogens is 1. The van der Waals surface area contributed by atoms with E-state index in [1.54, 1.807) is 0 Å². The fourth-order valence-corrected chi connectivity index (χ4v) is 3.82. The first-order valence-electron chi connectivity index (χ1n) is 9.35. The van der Waals surface area contributed by atoms with E-state index in [0.29, 0.717) is 12.5 Å². The van der Waals surface area contributed by atoms with Gasteiger partial charge in [-0.3, -0.25) is 0 Å². The Morgan fingerprint density at radius 1 is 1.11 bits per heavy atom. The van der Waals surface area contributed by atoms with Crippen molar-refractivity contribution in [2.45, 2.75) is 25.3 Å². The summed E-state index contributed by atoms with van der Waals surface area (Å²) in [6, 6.07) is 10.4. The number of ether oxygens (including phenoxy) is 1. The van der Waals surface area contributed by atoms with Gasteiger partial charge < -0.3 is 15.0 Å². The molecule has 1 aliphatic carbocycles. The molecule has 1 N–H and O–H groups in total. The number of nitrogens with zero attached hydrogens (tertiary/aromatic N) is 5. The maximum atomic E-state index is 5.50. The molecule has 1 saturated carbocycles. The van der Waals surface area contributed by atoms with E-state index in [4.69, 9.17) is 9.84 Å². The minimum atomic E-state index is 0.516. The van der Waals surface area contributed by atoms with Crippen molar-refractivity contribution in [3.63, 3.8) is 0 Å². The van der Waals surface area contributed by atoms with Crippen molar-refractivity contribution in [1.29, 1.82) is 0 Å². The quantitative estimate of drug-likeness (QED) is 0.672. The van der Waals surface area contributed by atoms with E-state index in [1.807, 2.05) is 16.6 Å². The van der Waals surface area contributed by atoms with Gasteiger partial charge >= 0.3 is 0 Å². The maximum absolute atomic E-state index is 5.50. The number of rotatable bonds is 5. The van der Waals surface area contributed by atoms with Gasteiger partial charge in [0.1, 0.15) is 5.82 Å². The Morgan fingerprint density at radius 2 is 1.96 bits per heavy atom. The van der Waals surface area contributed by atoms with Gasteiger partial charge in [-0.25, -0.2) is 0 Å². The summed E-state index contributed by atoms with van der Waals surface area (Å²) in [5, 5.41) is 16.7. The van der Waals surface area contributed by atoms with E-state index in [-0.39, 0.29) is 0 Å². The maximum Gasteiger partial charge on any atom is 0.178 e. The lowest BCUT2D eigenvalue weighted by Crippen LogP contribution is -2.36. The van der Waals surface area contributed by atoms with Gasteiger partial charge in [0.25, 0.3) is 0 Å². The molecular weight excluding hydrogens is 408 g/mol. The highest BCUT2D eigenvalue weighted by atomic mass is 79.9. The molecule has 1 saturated heterocycles. The Labute approximate surface area is 165 Å². The predicted octanol–water partition coefficient (Wildman–Crippen LogP) is 3.21. The van der Waals surface area contributed by atoms with Gasteiger partial charge in [0.15, 0.2) is 11.5 Å². The van der Waals surface area contributed by atoms with E-state index < -0.39 is 0 Å². The molecule has 3 heterocycles. The number of aromatic nitrogens is 4. The molecule has 2 aromatic heterocycles. The molecule has 3 aromatic rings. The fourth-order valence-electron chi connectivity index (χ4n) is 3.47. The number of benzene rings is 1. The average molecular weight is 429 g/mol. The van der Waals surface area contributed by atoms with Gasteiger partial charge in [0.05, 0.1) is 13.2 Å². The smallest absolute Gasteiger partial charge is 0.178 e. The number of fused-ring (bicyclic) bond motifs is 1. The summed E-state index contributed by atoms with van der Waals surface area (Å²) >= 11 is 3.60. The van der Waals surface area contributed by atoms with E-state index in [9.17, 15) is 0 Å². The molecule has 8 heteroatoms. The largest absolute Gasteiger partial charge is 0.378 e. The first-order chi connectivity index (χ1) is 13.3. The summed E-state index contributed by atoms with van der Waals surface area (Å²) in [7, 11) is 0. The Bertz CT molecular complexity index is 964. The molecule has 0 unspecified atom stereocenters. The van der Waals surface area contributed by atoms with Crippen molar-refractivity contribution < 1.29 is 4.74 Å². The first-order valence-corrected chi connectivity index (χ1v) is 10.1. The van der Waals surface area contributed by atoms with E-state index >= 15 is 0 Å². The van der Waals surface area contributed by atoms with Crippen LogP contribution in [0.4, 0.5) is 11.5 Å². The van der Waals surface area contributed by atoms with E-state index in [2.05, 4.69) is 54.5 Å². The van der Waals surface area contributed by atoms with Gasteiger partial charge in [-0.2, -0.15) is 4.52 Å². The van der Waals surface area contributed by atoms with Gasteiger partial charge in [0, 0.05) is 35.7 Å². The normalized spacial score (nSPS) is 17.4. The standard InChI is InChI=1S/C19H21BrN6O/c20-15-4-3-14(16(11-15)25-7-9-27-10-8-25)12-21-17-5-6-18-22-23-19(13-1-2-13)26(18)24-17/h3-6,11,13H,1-2,7-10,12H2,(H,21,24). The van der Waals surface area contributed by atoms with Crippen LogP contribution in [0.2, 0.25) is 0 Å². The molecule has 27 heavy (non-hydrogen) atoms. The zero-order valence-corrected chi connectivity index (χ0v) is 16.5. The molecule has 140 valence electrons. The van der Waals surface area contributed by atoms with Crippen LogP contribution in [0.15, 0.2) is 34.8 Å². The molecule has 2 aliphatic rings. The molecule has 7 nitrogen and oxygen atoms in total. The molecule has 1 aromatic carbocycles. The van der Waals surface area contributed by atoms with Gasteiger partial charge in [-0.05, 0) is 42.7 Å². The Morgan fingerprint density at radius 3 is 2.78 bits per heavy atom. The van der Waals surface area contributed by atoms with Crippen LogP contribution in [-0.4, -0.2) is 46.1 Å². The van der Waals surface area contributed by atoms with Gasteiger partial charge in [0.2, 0.25) is 0 Å². The number of anilines is 2. The first kappa shape index (κ1) is 16.9. The molecular formula is C19H21BrN6O. The van der Waals surface area contributed by atoms with Gasteiger partial charge in [-0.1, -0.05) is 22.0 Å². The van der Waals surface area contributed by atoms with Crippen LogP contribution in [-0.2, 0) is 11.3 Å². The summed E-state index contributed by atoms with van der Waals surface area (Å²) in [6.45, 7) is 4.09. The van der Waals surface area contributed by atoms with Crippen LogP contribution >= 0.6 is 15.9 Å². The topological polar surface area (TPSA) is 67.6 Å². The van der Waals surface area contributed by atoms with E-state index in [1.165, 1.54) is 24.1 Å². The number of nitrogens with one attached hydrogen (secondary N) is 1. The third kappa shape index (κ3) is 3.51. The highest BCUT2D eigenvalue weighted by molar-refractivity contribution is 9.10. The van der Waals surface area contributed by atoms with Crippen LogP contribution in [0.3, 0.4) is 0 Å². The monoisotopic (exact) mass is 428 g/mol. The zero-order chi connectivity index (χ0) is 18.2. The van der Waals surface area contributed by atoms with Crippen molar-refractivity contribution >= 4 is 33.1 Å². The molecule has 0 bridgehead atoms. The number of hydrogen-bond acceptors (Lipinski definition) is 6. The predicted molar refractivity (Wildman–Crippen MR) is 107 cm³/mol. The summed E-state index contributed by atoms with van der Waals surface area (Å²) < 4.78 is 8.46. The number of morpholine rings is 1. The summed E-state index contributed by atoms with van der Waals surface area (Å²) in [5.74, 6) is 2.33. The lowest BCUT2D eigenvalue weighted by atomic mass is 10.1. The highest BCUT2D eigenvalue weighted by Crippen LogP contribution is 2.38. The minimum absolute atomic E-state index is 0.516. The van der Waals surface area contributed by atoms with Crippen molar-refractivity contribution in [2.24, 2.45) is 0 Å². The SMILES string of the molecule is Brc1ccc(CNc2ccc3nnc(C4CC4)n3n2)c(N2CCOCC2)c1. The third-order valence-electron chi connectivity index (χ3n) is 5.09. The number of hydrogen-bond donors (Lipinski definition) is 1. The average Bonchev–Trinajstić information content (AvgIpc) is 3.47. The molecule has 0 atom stereocenters. The molecule has 5 rings (SSSR count). The van der Waals surface area contributed by atoms with Crippen LogP contribution < -0.4 is 10.2 Å². The van der Waals surface area contributed by atoms with Crippen LogP contribution in [0, 0.1) is 0 Å². The lowest BCUT2D eigenvalue weighted by Gasteiger charge is -2.31. The summed E-state index contributed by atoms with van der Waals surface area (Å²) in [6.07, 6.45) is 2.36. The lowest BCUT2D eigenvalue weighted by molar-refractivity contribution is 0.122. The highest BCUT2D eigenvalue weighted by Gasteiger charge is 2.29. The molecule has 0 amide bonds. The minimum Gasteiger partial charge on any atom is -0.378 e. The van der Waals surface area contributed by atoms with Crippen molar-refractivity contribution in [2.75, 3.05) is 36.5 Å². The fraction of sp³-hybridized carbons (Fsp3) is 0.421. The van der Waals surface area contributed by atoms with Gasteiger partial charge in [-0.15, -0.1) is 15.3 Å². The second-order valence-corrected chi connectivity index (χ2v) is 7.96. The van der Waals surface area contributed by atoms with Crippen LogP contribution in [0.25, 0.3) is 5.65 Å². The summed E-state index contributed by atoms with van der Waals surface area (Å²) in [5.41, 5.74) is 3.29. The Hall–Kier alpha value is -2.19. The van der Waals surface area contributed by atoms with Crippen LogP contribution in [0.5, 0.6) is 0 Å². The zero-order valence-electron chi connectivity index (χ0n) is 14.9. The molecule has 0 radical (unpaired) electrons. The summed E-state index contributed by atoms with van der Waals surface area (Å²) in [4.78, 5) is 2.38. The van der Waals surface area contributed by atoms with Crippen LogP contribution in [0.1, 0.15) is 30.1 Å². The van der Waals surface area contributed by atoms with E-state index in [0.717, 1.165) is 48.1 Å². The Kier molecular flexibility index (Phi) is 4.45.